The van der Waals surface area contributed by atoms with Crippen molar-refractivity contribution in [1.82, 2.24) is 29.4 Å². The van der Waals surface area contributed by atoms with Gasteiger partial charge in [0, 0.05) is 42.6 Å². The van der Waals surface area contributed by atoms with E-state index in [9.17, 15) is 14.0 Å². The molecule has 172 valence electrons. The van der Waals surface area contributed by atoms with Crippen LogP contribution in [0.3, 0.4) is 0 Å². The number of H-pyrrole nitrogens is 1. The maximum absolute atomic E-state index is 14.4. The minimum Gasteiger partial charge on any atom is -0.351 e. The second-order valence-corrected chi connectivity index (χ2v) is 8.30. The van der Waals surface area contributed by atoms with Crippen molar-refractivity contribution < 1.29 is 9.18 Å². The zero-order valence-electron chi connectivity index (χ0n) is 19.2. The van der Waals surface area contributed by atoms with Crippen molar-refractivity contribution in [3.8, 4) is 17.1 Å². The highest BCUT2D eigenvalue weighted by molar-refractivity contribution is 6.02. The van der Waals surface area contributed by atoms with Gasteiger partial charge in [0.25, 0.3) is 11.5 Å². The van der Waals surface area contributed by atoms with Crippen LogP contribution in [0.15, 0.2) is 47.5 Å². The lowest BCUT2D eigenvalue weighted by molar-refractivity contribution is 0.0951. The summed E-state index contributed by atoms with van der Waals surface area (Å²) in [5.74, 6) is -0.0256. The summed E-state index contributed by atoms with van der Waals surface area (Å²) in [6.07, 6.45) is 3.35. The van der Waals surface area contributed by atoms with E-state index in [1.807, 2.05) is 23.6 Å². The number of pyridine rings is 2. The van der Waals surface area contributed by atoms with Crippen molar-refractivity contribution in [2.45, 2.75) is 20.8 Å². The number of carbonyl (C=O) groups is 1. The molecule has 0 saturated carbocycles. The molecule has 4 aromatic heterocycles. The highest BCUT2D eigenvalue weighted by Crippen LogP contribution is 2.33. The number of imidazole rings is 1. The first-order chi connectivity index (χ1) is 16.3. The van der Waals surface area contributed by atoms with Gasteiger partial charge >= 0.3 is 0 Å². The van der Waals surface area contributed by atoms with Crippen molar-refractivity contribution in [2.75, 3.05) is 6.54 Å². The Kier molecular flexibility index (Phi) is 5.04. The SMILES string of the molecule is CCNC(=O)c1cc2c(-c3nc4ncccc4n3-c3cc(C)c(F)c(C)c3)cn(C)c(=O)c2[nH]1. The number of nitrogens with one attached hydrogen (secondary N) is 2. The molecule has 0 radical (unpaired) electrons. The van der Waals surface area contributed by atoms with E-state index in [0.29, 0.717) is 45.6 Å². The number of amides is 1. The number of rotatable bonds is 4. The Hall–Kier alpha value is -4.27. The molecule has 0 unspecified atom stereocenters. The Morgan fingerprint density at radius 3 is 2.65 bits per heavy atom. The van der Waals surface area contributed by atoms with Crippen LogP contribution >= 0.6 is 0 Å². The molecule has 0 spiro atoms. The summed E-state index contributed by atoms with van der Waals surface area (Å²) in [6.45, 7) is 5.73. The molecular weight excluding hydrogens is 435 g/mol. The summed E-state index contributed by atoms with van der Waals surface area (Å²) in [6, 6.07) is 8.89. The third-order valence-electron chi connectivity index (χ3n) is 5.90. The fourth-order valence-corrected chi connectivity index (χ4v) is 4.30. The zero-order valence-corrected chi connectivity index (χ0v) is 19.2. The van der Waals surface area contributed by atoms with E-state index in [1.54, 1.807) is 51.5 Å². The molecule has 8 nitrogen and oxygen atoms in total. The molecule has 0 atom stereocenters. The number of aromatic nitrogens is 5. The van der Waals surface area contributed by atoms with Crippen molar-refractivity contribution in [1.29, 1.82) is 0 Å². The number of aryl methyl sites for hydroxylation is 3. The fourth-order valence-electron chi connectivity index (χ4n) is 4.30. The number of carbonyl (C=O) groups excluding carboxylic acids is 1. The van der Waals surface area contributed by atoms with Crippen LogP contribution in [0.1, 0.15) is 28.5 Å². The quantitative estimate of drug-likeness (QED) is 0.428. The Morgan fingerprint density at radius 1 is 1.21 bits per heavy atom. The maximum atomic E-state index is 14.4. The predicted octanol–water partition coefficient (Wildman–Crippen LogP) is 3.77. The minimum atomic E-state index is -0.299. The van der Waals surface area contributed by atoms with Crippen molar-refractivity contribution in [3.05, 3.63) is 75.7 Å². The lowest BCUT2D eigenvalue weighted by atomic mass is 10.1. The number of hydrogen-bond acceptors (Lipinski definition) is 4. The molecule has 0 bridgehead atoms. The molecule has 1 aromatic carbocycles. The molecule has 5 rings (SSSR count). The summed E-state index contributed by atoms with van der Waals surface area (Å²) in [4.78, 5) is 37.5. The normalized spacial score (nSPS) is 11.4. The van der Waals surface area contributed by atoms with Gasteiger partial charge in [-0.25, -0.2) is 14.4 Å². The van der Waals surface area contributed by atoms with Gasteiger partial charge in [-0.2, -0.15) is 0 Å². The van der Waals surface area contributed by atoms with E-state index >= 15 is 0 Å². The first-order valence-electron chi connectivity index (χ1n) is 10.9. The number of benzene rings is 1. The number of fused-ring (bicyclic) bond motifs is 2. The van der Waals surface area contributed by atoms with Crippen LogP contribution in [0.5, 0.6) is 0 Å². The average molecular weight is 458 g/mol. The highest BCUT2D eigenvalue weighted by atomic mass is 19.1. The lowest BCUT2D eigenvalue weighted by Crippen LogP contribution is -2.23. The molecule has 0 aliphatic rings. The maximum Gasteiger partial charge on any atom is 0.274 e. The van der Waals surface area contributed by atoms with Crippen LogP contribution in [0.25, 0.3) is 39.1 Å². The van der Waals surface area contributed by atoms with Crippen molar-refractivity contribution in [3.63, 3.8) is 0 Å². The van der Waals surface area contributed by atoms with Crippen LogP contribution < -0.4 is 10.9 Å². The largest absolute Gasteiger partial charge is 0.351 e. The van der Waals surface area contributed by atoms with Gasteiger partial charge in [-0.1, -0.05) is 0 Å². The third kappa shape index (κ3) is 3.28. The molecule has 5 aromatic rings. The Morgan fingerprint density at radius 2 is 1.94 bits per heavy atom. The van der Waals surface area contributed by atoms with E-state index in [2.05, 4.69) is 15.3 Å². The summed E-state index contributed by atoms with van der Waals surface area (Å²) in [5, 5.41) is 3.31. The predicted molar refractivity (Wildman–Crippen MR) is 129 cm³/mol. The molecule has 0 aliphatic carbocycles. The summed E-state index contributed by atoms with van der Waals surface area (Å²) in [5.41, 5.74) is 3.97. The van der Waals surface area contributed by atoms with Crippen molar-refractivity contribution in [2.24, 2.45) is 7.05 Å². The second kappa shape index (κ2) is 7.95. The number of halogens is 1. The molecular formula is C25H23FN6O2. The first-order valence-corrected chi connectivity index (χ1v) is 10.9. The summed E-state index contributed by atoms with van der Waals surface area (Å²) >= 11 is 0. The van der Waals surface area contributed by atoms with Crippen LogP contribution in [0, 0.1) is 19.7 Å². The van der Waals surface area contributed by atoms with Gasteiger partial charge in [-0.05, 0) is 62.2 Å². The molecule has 9 heteroatoms. The molecule has 0 fully saturated rings. The van der Waals surface area contributed by atoms with Crippen LogP contribution in [-0.2, 0) is 7.05 Å². The highest BCUT2D eigenvalue weighted by Gasteiger charge is 2.22. The minimum absolute atomic E-state index is 0.255. The third-order valence-corrected chi connectivity index (χ3v) is 5.90. The molecule has 1 amide bonds. The number of hydrogen-bond donors (Lipinski definition) is 2. The Labute approximate surface area is 194 Å². The molecule has 34 heavy (non-hydrogen) atoms. The van der Waals surface area contributed by atoms with Gasteiger partial charge in [0.1, 0.15) is 22.9 Å². The summed E-state index contributed by atoms with van der Waals surface area (Å²) in [7, 11) is 1.65. The van der Waals surface area contributed by atoms with Crippen LogP contribution in [0.4, 0.5) is 4.39 Å². The first kappa shape index (κ1) is 21.6. The van der Waals surface area contributed by atoms with Crippen molar-refractivity contribution >= 4 is 28.0 Å². The molecule has 0 aliphatic heterocycles. The van der Waals surface area contributed by atoms with E-state index in [-0.39, 0.29) is 23.0 Å². The van der Waals surface area contributed by atoms with Gasteiger partial charge in [-0.3, -0.25) is 14.2 Å². The zero-order chi connectivity index (χ0) is 24.1. The smallest absolute Gasteiger partial charge is 0.274 e. The van der Waals surface area contributed by atoms with E-state index < -0.39 is 0 Å². The van der Waals surface area contributed by atoms with E-state index in [0.717, 1.165) is 11.2 Å². The molecule has 4 heterocycles. The second-order valence-electron chi connectivity index (χ2n) is 8.30. The van der Waals surface area contributed by atoms with Gasteiger partial charge in [0.15, 0.2) is 5.65 Å². The van der Waals surface area contributed by atoms with E-state index in [4.69, 9.17) is 4.98 Å². The van der Waals surface area contributed by atoms with Gasteiger partial charge in [-0.15, -0.1) is 0 Å². The lowest BCUT2D eigenvalue weighted by Gasteiger charge is -2.13. The number of aromatic amines is 1. The Bertz CT molecular complexity index is 1640. The number of nitrogens with zero attached hydrogens (tertiary/aromatic N) is 4. The Balaban J connectivity index is 1.87. The average Bonchev–Trinajstić information content (AvgIpc) is 3.42. The molecule has 2 N–H and O–H groups in total. The topological polar surface area (TPSA) is 97.6 Å². The standard InChI is InChI=1S/C25H23FN6O2/c1-5-27-24(33)18-11-16-17(12-31(4)25(34)21(16)29-18)23-30-22-19(7-6-8-28-22)32(23)15-9-13(2)20(26)14(3)10-15/h6-12,29H,5H2,1-4H3,(H,27,33). The molecule has 0 saturated heterocycles. The fraction of sp³-hybridized carbons (Fsp3) is 0.200. The van der Waals surface area contributed by atoms with E-state index in [1.165, 1.54) is 4.57 Å². The summed E-state index contributed by atoms with van der Waals surface area (Å²) < 4.78 is 17.8. The van der Waals surface area contributed by atoms with Crippen LogP contribution in [0.2, 0.25) is 0 Å². The van der Waals surface area contributed by atoms with Crippen LogP contribution in [-0.4, -0.2) is 36.5 Å². The van der Waals surface area contributed by atoms with Gasteiger partial charge in [0.05, 0.1) is 5.52 Å². The van der Waals surface area contributed by atoms with Gasteiger partial charge in [0.2, 0.25) is 0 Å². The monoisotopic (exact) mass is 458 g/mol. The van der Waals surface area contributed by atoms with Gasteiger partial charge < -0.3 is 14.9 Å².